The molecule has 0 saturated heterocycles. The Hall–Kier alpha value is -2.68. The first-order valence-corrected chi connectivity index (χ1v) is 9.25. The van der Waals surface area contributed by atoms with Crippen LogP contribution in [-0.4, -0.2) is 59.8 Å². The molecule has 0 bridgehead atoms. The van der Waals surface area contributed by atoms with E-state index in [0.29, 0.717) is 24.9 Å². The number of carbonyl (C=O) groups is 3. The van der Waals surface area contributed by atoms with Crippen molar-refractivity contribution >= 4 is 23.7 Å². The van der Waals surface area contributed by atoms with E-state index in [4.69, 9.17) is 9.84 Å². The third kappa shape index (κ3) is 5.41. The molecule has 1 aliphatic rings. The van der Waals surface area contributed by atoms with Crippen LogP contribution >= 0.6 is 0 Å². The molecule has 1 aromatic carbocycles. The summed E-state index contributed by atoms with van der Waals surface area (Å²) in [6.45, 7) is 5.91. The lowest BCUT2D eigenvalue weighted by Gasteiger charge is -2.42. The van der Waals surface area contributed by atoms with Crippen molar-refractivity contribution in [2.45, 2.75) is 45.7 Å². The molecule has 1 saturated carbocycles. The predicted octanol–water partition coefficient (Wildman–Crippen LogP) is 2.37. The van der Waals surface area contributed by atoms with E-state index in [0.717, 1.165) is 0 Å². The standard InChI is InChI=1S/C19H26FN3O5/c1-4-23(10-17(24)25)13-7-12(8-13)21-19(27)22-16-9-14(18(26)28-5-2)11(3)6-15(16)20/h6,9,12-13H,4-5,7-8,10H2,1-3H3,(H,24,25)(H2,21,22,27). The van der Waals surface area contributed by atoms with E-state index in [2.05, 4.69) is 10.6 Å². The van der Waals surface area contributed by atoms with Crippen LogP contribution in [0, 0.1) is 12.7 Å². The SMILES string of the molecule is CCOC(=O)c1cc(NC(=O)NC2CC(N(CC)CC(=O)O)C2)c(F)cc1C. The van der Waals surface area contributed by atoms with Crippen LogP contribution in [0.15, 0.2) is 12.1 Å². The first-order chi connectivity index (χ1) is 13.2. The molecule has 2 rings (SSSR count). The first kappa shape index (κ1) is 21.6. The van der Waals surface area contributed by atoms with Gasteiger partial charge in [0.05, 0.1) is 24.4 Å². The topological polar surface area (TPSA) is 108 Å². The number of likely N-dealkylation sites (N-methyl/N-ethyl adjacent to an activating group) is 1. The molecular formula is C19H26FN3O5. The van der Waals surface area contributed by atoms with Gasteiger partial charge < -0.3 is 20.5 Å². The van der Waals surface area contributed by atoms with E-state index in [-0.39, 0.29) is 36.5 Å². The molecule has 9 heteroatoms. The van der Waals surface area contributed by atoms with Gasteiger partial charge >= 0.3 is 18.0 Å². The van der Waals surface area contributed by atoms with Crippen molar-refractivity contribution in [3.05, 3.63) is 29.1 Å². The molecule has 8 nitrogen and oxygen atoms in total. The highest BCUT2D eigenvalue weighted by molar-refractivity contribution is 5.95. The lowest BCUT2D eigenvalue weighted by molar-refractivity contribution is -0.139. The van der Waals surface area contributed by atoms with E-state index < -0.39 is 23.8 Å². The van der Waals surface area contributed by atoms with Gasteiger partial charge in [0.25, 0.3) is 0 Å². The van der Waals surface area contributed by atoms with Crippen LogP contribution in [0.1, 0.15) is 42.6 Å². The summed E-state index contributed by atoms with van der Waals surface area (Å²) in [5.74, 6) is -2.11. The molecule has 0 spiro atoms. The number of benzene rings is 1. The van der Waals surface area contributed by atoms with E-state index >= 15 is 0 Å². The Labute approximate surface area is 163 Å². The number of hydrogen-bond acceptors (Lipinski definition) is 5. The maximum Gasteiger partial charge on any atom is 0.338 e. The molecule has 1 fully saturated rings. The molecule has 1 aromatic rings. The Balaban J connectivity index is 1.93. The molecular weight excluding hydrogens is 369 g/mol. The number of aryl methyl sites for hydroxylation is 1. The number of amides is 2. The van der Waals surface area contributed by atoms with Crippen molar-refractivity contribution in [3.8, 4) is 0 Å². The predicted molar refractivity (Wildman–Crippen MR) is 101 cm³/mol. The number of nitrogens with zero attached hydrogens (tertiary/aromatic N) is 1. The highest BCUT2D eigenvalue weighted by Crippen LogP contribution is 2.26. The zero-order chi connectivity index (χ0) is 20.8. The molecule has 154 valence electrons. The number of urea groups is 1. The van der Waals surface area contributed by atoms with Gasteiger partial charge in [0.1, 0.15) is 5.82 Å². The molecule has 0 heterocycles. The van der Waals surface area contributed by atoms with Gasteiger partial charge in [0, 0.05) is 12.1 Å². The number of esters is 1. The summed E-state index contributed by atoms with van der Waals surface area (Å²) in [5.41, 5.74) is 0.499. The summed E-state index contributed by atoms with van der Waals surface area (Å²) < 4.78 is 19.1. The van der Waals surface area contributed by atoms with Gasteiger partial charge in [0.2, 0.25) is 0 Å². The van der Waals surface area contributed by atoms with E-state index in [1.54, 1.807) is 13.8 Å². The zero-order valence-electron chi connectivity index (χ0n) is 16.3. The summed E-state index contributed by atoms with van der Waals surface area (Å²) in [7, 11) is 0. The van der Waals surface area contributed by atoms with E-state index in [1.165, 1.54) is 12.1 Å². The Kier molecular flexibility index (Phi) is 7.33. The average Bonchev–Trinajstić information content (AvgIpc) is 2.58. The molecule has 2 amide bonds. The quantitative estimate of drug-likeness (QED) is 0.583. The van der Waals surface area contributed by atoms with Crippen LogP contribution in [0.25, 0.3) is 0 Å². The minimum Gasteiger partial charge on any atom is -0.480 e. The van der Waals surface area contributed by atoms with Crippen LogP contribution in [-0.2, 0) is 9.53 Å². The van der Waals surface area contributed by atoms with Crippen LogP contribution in [0.2, 0.25) is 0 Å². The number of hydrogen-bond donors (Lipinski definition) is 3. The molecule has 0 aliphatic heterocycles. The Morgan fingerprint density at radius 1 is 1.29 bits per heavy atom. The lowest BCUT2D eigenvalue weighted by atomic mass is 9.85. The number of rotatable bonds is 8. The Bertz CT molecular complexity index is 749. The number of anilines is 1. The van der Waals surface area contributed by atoms with E-state index in [1.807, 2.05) is 11.8 Å². The van der Waals surface area contributed by atoms with Gasteiger partial charge in [-0.05, 0) is 50.9 Å². The third-order valence-corrected chi connectivity index (χ3v) is 4.77. The Morgan fingerprint density at radius 2 is 1.96 bits per heavy atom. The fraction of sp³-hybridized carbons (Fsp3) is 0.526. The van der Waals surface area contributed by atoms with E-state index in [9.17, 15) is 18.8 Å². The fourth-order valence-electron chi connectivity index (χ4n) is 3.22. The Morgan fingerprint density at radius 3 is 2.54 bits per heavy atom. The molecule has 0 unspecified atom stereocenters. The molecule has 1 aliphatic carbocycles. The number of ether oxygens (including phenoxy) is 1. The number of carbonyl (C=O) groups excluding carboxylic acids is 2. The van der Waals surface area contributed by atoms with Crippen molar-refractivity contribution in [3.63, 3.8) is 0 Å². The summed E-state index contributed by atoms with van der Waals surface area (Å²) in [4.78, 5) is 36.8. The largest absolute Gasteiger partial charge is 0.480 e. The second-order valence-corrected chi connectivity index (χ2v) is 6.74. The highest BCUT2D eigenvalue weighted by Gasteiger charge is 2.34. The van der Waals surface area contributed by atoms with Gasteiger partial charge in [-0.3, -0.25) is 9.69 Å². The lowest BCUT2D eigenvalue weighted by Crippen LogP contribution is -2.55. The van der Waals surface area contributed by atoms with Gasteiger partial charge in [-0.15, -0.1) is 0 Å². The molecule has 0 atom stereocenters. The summed E-state index contributed by atoms with van der Waals surface area (Å²) >= 11 is 0. The normalized spacial score (nSPS) is 18.3. The second-order valence-electron chi connectivity index (χ2n) is 6.74. The summed E-state index contributed by atoms with van der Waals surface area (Å²) in [6, 6.07) is 1.83. The van der Waals surface area contributed by atoms with Crippen molar-refractivity contribution in [2.75, 3.05) is 25.0 Å². The minimum absolute atomic E-state index is 0.0364. The molecule has 0 aromatic heterocycles. The van der Waals surface area contributed by atoms with Gasteiger partial charge in [-0.25, -0.2) is 14.0 Å². The van der Waals surface area contributed by atoms with Crippen LogP contribution in [0.4, 0.5) is 14.9 Å². The maximum atomic E-state index is 14.2. The molecule has 3 N–H and O–H groups in total. The highest BCUT2D eigenvalue weighted by atomic mass is 19.1. The third-order valence-electron chi connectivity index (χ3n) is 4.77. The van der Waals surface area contributed by atoms with Gasteiger partial charge in [-0.1, -0.05) is 6.92 Å². The van der Waals surface area contributed by atoms with Crippen LogP contribution in [0.5, 0.6) is 0 Å². The van der Waals surface area contributed by atoms with Crippen molar-refractivity contribution in [2.24, 2.45) is 0 Å². The number of halogens is 1. The van der Waals surface area contributed by atoms with Gasteiger partial charge in [-0.2, -0.15) is 0 Å². The molecule has 28 heavy (non-hydrogen) atoms. The van der Waals surface area contributed by atoms with Crippen molar-refractivity contribution < 1.29 is 28.6 Å². The minimum atomic E-state index is -0.886. The average molecular weight is 395 g/mol. The van der Waals surface area contributed by atoms with Crippen molar-refractivity contribution in [1.29, 1.82) is 0 Å². The summed E-state index contributed by atoms with van der Waals surface area (Å²) in [5, 5.41) is 14.1. The van der Waals surface area contributed by atoms with Gasteiger partial charge in [0.15, 0.2) is 0 Å². The zero-order valence-corrected chi connectivity index (χ0v) is 16.3. The summed E-state index contributed by atoms with van der Waals surface area (Å²) in [6.07, 6.45) is 1.25. The van der Waals surface area contributed by atoms with Crippen LogP contribution in [0.3, 0.4) is 0 Å². The number of aliphatic carboxylic acids is 1. The van der Waals surface area contributed by atoms with Crippen molar-refractivity contribution in [1.82, 2.24) is 10.2 Å². The number of carboxylic acid groups (broad SMARTS) is 1. The monoisotopic (exact) mass is 395 g/mol. The number of carboxylic acids is 1. The fourth-order valence-corrected chi connectivity index (χ4v) is 3.22. The number of nitrogens with one attached hydrogen (secondary N) is 2. The smallest absolute Gasteiger partial charge is 0.338 e. The maximum absolute atomic E-state index is 14.2. The first-order valence-electron chi connectivity index (χ1n) is 9.25. The second kappa shape index (κ2) is 9.50. The van der Waals surface area contributed by atoms with Crippen LogP contribution < -0.4 is 10.6 Å². The molecule has 0 radical (unpaired) electrons.